The third kappa shape index (κ3) is 7.38. The molecule has 9 nitrogen and oxygen atoms in total. The van der Waals surface area contributed by atoms with Crippen molar-refractivity contribution in [3.8, 4) is 0 Å². The van der Waals surface area contributed by atoms with Gasteiger partial charge in [-0.05, 0) is 61.0 Å². The van der Waals surface area contributed by atoms with Crippen molar-refractivity contribution in [1.29, 1.82) is 0 Å². The summed E-state index contributed by atoms with van der Waals surface area (Å²) in [5, 5.41) is 9.72. The molecule has 1 aliphatic rings. The number of hydrogen-bond acceptors (Lipinski definition) is 5. The molecule has 196 valence electrons. The molecule has 0 aliphatic heterocycles. The topological polar surface area (TPSA) is 133 Å². The average molecular weight is 546 g/mol. The predicted octanol–water partition coefficient (Wildman–Crippen LogP) is 6.10. The quantitative estimate of drug-likeness (QED) is 0.116. The number of benzene rings is 2. The summed E-state index contributed by atoms with van der Waals surface area (Å²) in [6.45, 7) is 0.331. The fraction of sp³-hybridized carbons (Fsp3) is 0.423. The number of halogens is 2. The Morgan fingerprint density at radius 1 is 1.11 bits per heavy atom. The van der Waals surface area contributed by atoms with Gasteiger partial charge in [0.1, 0.15) is 6.04 Å². The molecule has 3 rings (SSSR count). The van der Waals surface area contributed by atoms with Crippen molar-refractivity contribution in [2.24, 2.45) is 10.5 Å². The second kappa shape index (κ2) is 13.3. The van der Waals surface area contributed by atoms with Crippen LogP contribution in [0, 0.1) is 5.41 Å². The summed E-state index contributed by atoms with van der Waals surface area (Å²) in [6.07, 6.45) is 4.74. The normalized spacial score (nSPS) is 14.8. The van der Waals surface area contributed by atoms with Crippen LogP contribution in [0.1, 0.15) is 54.4 Å². The van der Waals surface area contributed by atoms with E-state index in [1.54, 1.807) is 42.5 Å². The van der Waals surface area contributed by atoms with E-state index in [-0.39, 0.29) is 27.9 Å². The number of azide groups is 1. The lowest BCUT2D eigenvalue weighted by Crippen LogP contribution is -2.49. The first-order chi connectivity index (χ1) is 17.8. The van der Waals surface area contributed by atoms with Crippen LogP contribution >= 0.6 is 23.2 Å². The van der Waals surface area contributed by atoms with Crippen molar-refractivity contribution in [3.05, 3.63) is 74.1 Å². The molecule has 1 saturated carbocycles. The van der Waals surface area contributed by atoms with Gasteiger partial charge in [-0.15, -0.1) is 0 Å². The lowest BCUT2D eigenvalue weighted by molar-refractivity contribution is -0.146. The van der Waals surface area contributed by atoms with E-state index in [0.29, 0.717) is 25.1 Å². The molecule has 1 aliphatic carbocycles. The minimum absolute atomic E-state index is 0.179. The highest BCUT2D eigenvalue weighted by molar-refractivity contribution is 6.40. The first-order valence-corrected chi connectivity index (χ1v) is 12.8. The van der Waals surface area contributed by atoms with Crippen LogP contribution in [0.4, 0.5) is 5.69 Å². The van der Waals surface area contributed by atoms with Crippen LogP contribution in [0.15, 0.2) is 47.6 Å². The second-order valence-electron chi connectivity index (χ2n) is 9.05. The van der Waals surface area contributed by atoms with Crippen molar-refractivity contribution in [2.75, 3.05) is 19.0 Å². The molecule has 0 radical (unpaired) electrons. The van der Waals surface area contributed by atoms with E-state index in [0.717, 1.165) is 31.2 Å². The number of nitrogens with one attached hydrogen (secondary N) is 2. The Labute approximate surface area is 225 Å². The maximum Gasteiger partial charge on any atom is 0.328 e. The van der Waals surface area contributed by atoms with Crippen molar-refractivity contribution < 1.29 is 19.1 Å². The Bertz CT molecular complexity index is 1160. The molecular weight excluding hydrogens is 517 g/mol. The smallest absolute Gasteiger partial charge is 0.328 e. The first kappa shape index (κ1) is 28.3. The second-order valence-corrected chi connectivity index (χ2v) is 9.86. The molecule has 0 spiro atoms. The summed E-state index contributed by atoms with van der Waals surface area (Å²) in [6, 6.07) is 10.9. The number of esters is 1. The van der Waals surface area contributed by atoms with E-state index in [1.165, 1.54) is 7.11 Å². The largest absolute Gasteiger partial charge is 0.467 e. The molecular formula is C26H29Cl2N5O4. The van der Waals surface area contributed by atoms with Gasteiger partial charge in [-0.1, -0.05) is 59.4 Å². The van der Waals surface area contributed by atoms with Gasteiger partial charge in [0, 0.05) is 29.0 Å². The minimum atomic E-state index is -0.866. The monoisotopic (exact) mass is 545 g/mol. The van der Waals surface area contributed by atoms with E-state index in [2.05, 4.69) is 20.7 Å². The highest BCUT2D eigenvalue weighted by atomic mass is 35.5. The molecule has 1 atom stereocenters. The van der Waals surface area contributed by atoms with Gasteiger partial charge >= 0.3 is 5.97 Å². The zero-order chi connectivity index (χ0) is 26.8. The van der Waals surface area contributed by atoms with E-state index in [4.69, 9.17) is 33.5 Å². The standard InChI is InChI=1S/C26H29Cl2N5O4/c1-37-24(35)21(32-25(36)26(12-2-3-13-26)14-5-15-30-33-29)16-17-8-10-18(11-9-17)31-23(34)22-19(27)6-4-7-20(22)28/h4,6-11,21H,2-3,5,12-16H2,1H3,(H,31,34)(H,32,36). The van der Waals surface area contributed by atoms with Gasteiger partial charge in [-0.2, -0.15) is 0 Å². The van der Waals surface area contributed by atoms with Gasteiger partial charge in [-0.25, -0.2) is 4.79 Å². The first-order valence-electron chi connectivity index (χ1n) is 12.0. The lowest BCUT2D eigenvalue weighted by Gasteiger charge is -2.29. The van der Waals surface area contributed by atoms with Crippen LogP contribution < -0.4 is 10.6 Å². The molecule has 2 amide bonds. The van der Waals surface area contributed by atoms with Gasteiger partial charge in [0.2, 0.25) is 5.91 Å². The number of methoxy groups -OCH3 is 1. The van der Waals surface area contributed by atoms with Crippen LogP contribution in [-0.2, 0) is 20.7 Å². The van der Waals surface area contributed by atoms with E-state index in [1.807, 2.05) is 0 Å². The number of carbonyl (C=O) groups is 3. The Morgan fingerprint density at radius 3 is 2.35 bits per heavy atom. The molecule has 2 N–H and O–H groups in total. The molecule has 2 aromatic rings. The van der Waals surface area contributed by atoms with Crippen LogP contribution in [0.5, 0.6) is 0 Å². The summed E-state index contributed by atoms with van der Waals surface area (Å²) in [4.78, 5) is 41.2. The summed E-state index contributed by atoms with van der Waals surface area (Å²) in [5.74, 6) is -1.16. The third-order valence-corrected chi connectivity index (χ3v) is 7.28. The molecule has 2 aromatic carbocycles. The molecule has 0 heterocycles. The Hall–Kier alpha value is -3.26. The molecule has 1 fully saturated rings. The number of nitrogens with zero attached hydrogens (tertiary/aromatic N) is 3. The summed E-state index contributed by atoms with van der Waals surface area (Å²) < 4.78 is 4.95. The predicted molar refractivity (Wildman–Crippen MR) is 143 cm³/mol. The molecule has 0 aromatic heterocycles. The Morgan fingerprint density at radius 2 is 1.76 bits per heavy atom. The lowest BCUT2D eigenvalue weighted by atomic mass is 9.80. The Kier molecular flexibility index (Phi) is 10.2. The maximum atomic E-state index is 13.3. The van der Waals surface area contributed by atoms with Crippen molar-refractivity contribution in [1.82, 2.24) is 5.32 Å². The van der Waals surface area contributed by atoms with Crippen LogP contribution in [0.2, 0.25) is 10.0 Å². The molecule has 11 heteroatoms. The van der Waals surface area contributed by atoms with Crippen molar-refractivity contribution in [3.63, 3.8) is 0 Å². The Balaban J connectivity index is 1.67. The maximum absolute atomic E-state index is 13.3. The minimum Gasteiger partial charge on any atom is -0.467 e. The van der Waals surface area contributed by atoms with Gasteiger partial charge in [-0.3, -0.25) is 9.59 Å². The molecule has 0 bridgehead atoms. The average Bonchev–Trinajstić information content (AvgIpc) is 3.37. The van der Waals surface area contributed by atoms with Gasteiger partial charge in [0.15, 0.2) is 0 Å². The van der Waals surface area contributed by atoms with Crippen LogP contribution in [0.25, 0.3) is 10.4 Å². The number of hydrogen-bond donors (Lipinski definition) is 2. The van der Waals surface area contributed by atoms with E-state index < -0.39 is 23.3 Å². The van der Waals surface area contributed by atoms with Crippen molar-refractivity contribution in [2.45, 2.75) is 51.0 Å². The fourth-order valence-electron chi connectivity index (χ4n) is 4.69. The third-order valence-electron chi connectivity index (χ3n) is 6.65. The van der Waals surface area contributed by atoms with Crippen LogP contribution in [0.3, 0.4) is 0 Å². The number of anilines is 1. The molecule has 0 saturated heterocycles. The van der Waals surface area contributed by atoms with E-state index in [9.17, 15) is 14.4 Å². The number of carbonyl (C=O) groups excluding carboxylic acids is 3. The number of ether oxygens (including phenoxy) is 1. The SMILES string of the molecule is COC(=O)C(Cc1ccc(NC(=O)c2c(Cl)cccc2Cl)cc1)NC(=O)C1(CCCN=[N+]=[N-])CCCC1. The summed E-state index contributed by atoms with van der Waals surface area (Å²) >= 11 is 12.2. The fourth-order valence-corrected chi connectivity index (χ4v) is 5.26. The van der Waals surface area contributed by atoms with Gasteiger partial charge < -0.3 is 15.4 Å². The van der Waals surface area contributed by atoms with Gasteiger partial charge in [0.25, 0.3) is 5.91 Å². The highest BCUT2D eigenvalue weighted by Gasteiger charge is 2.41. The van der Waals surface area contributed by atoms with Crippen LogP contribution in [-0.4, -0.2) is 37.5 Å². The van der Waals surface area contributed by atoms with Crippen molar-refractivity contribution >= 4 is 46.7 Å². The van der Waals surface area contributed by atoms with Gasteiger partial charge in [0.05, 0.1) is 22.7 Å². The number of amides is 2. The highest BCUT2D eigenvalue weighted by Crippen LogP contribution is 2.42. The summed E-state index contributed by atoms with van der Waals surface area (Å²) in [5.41, 5.74) is 9.41. The summed E-state index contributed by atoms with van der Waals surface area (Å²) in [7, 11) is 1.28. The molecule has 1 unspecified atom stereocenters. The zero-order valence-electron chi connectivity index (χ0n) is 20.5. The molecule has 37 heavy (non-hydrogen) atoms. The van der Waals surface area contributed by atoms with E-state index >= 15 is 0 Å². The zero-order valence-corrected chi connectivity index (χ0v) is 22.0. The number of rotatable bonds is 11.